The molecule has 3 N–H and O–H groups in total. The lowest BCUT2D eigenvalue weighted by Gasteiger charge is -2.01. The van der Waals surface area contributed by atoms with Crippen LogP contribution in [0, 0.1) is 5.82 Å². The lowest BCUT2D eigenvalue weighted by molar-refractivity contribution is 0.612. The highest BCUT2D eigenvalue weighted by atomic mass is 19.1. The number of nitrogens with one attached hydrogen (secondary N) is 1. The van der Waals surface area contributed by atoms with Crippen molar-refractivity contribution in [2.75, 3.05) is 0 Å². The number of hydrogen-bond donors (Lipinski definition) is 2. The van der Waals surface area contributed by atoms with Crippen LogP contribution in [0.1, 0.15) is 30.0 Å². The van der Waals surface area contributed by atoms with E-state index in [1.54, 1.807) is 18.3 Å². The van der Waals surface area contributed by atoms with Crippen molar-refractivity contribution >= 4 is 0 Å². The Morgan fingerprint density at radius 3 is 2.81 bits per heavy atom. The van der Waals surface area contributed by atoms with Gasteiger partial charge < -0.3 is 10.7 Å². The smallest absolute Gasteiger partial charge is 0.126 e. The third-order valence-electron chi connectivity index (χ3n) is 2.45. The summed E-state index contributed by atoms with van der Waals surface area (Å²) in [5.41, 5.74) is 7.20. The molecule has 1 heterocycles. The van der Waals surface area contributed by atoms with Gasteiger partial charge in [-0.25, -0.2) is 9.37 Å². The summed E-state index contributed by atoms with van der Waals surface area (Å²) >= 11 is 0. The first-order valence-corrected chi connectivity index (χ1v) is 5.19. The average molecular weight is 219 g/mol. The fourth-order valence-corrected chi connectivity index (χ4v) is 1.52. The first-order valence-electron chi connectivity index (χ1n) is 5.19. The van der Waals surface area contributed by atoms with Crippen LogP contribution in [0.15, 0.2) is 30.5 Å². The summed E-state index contributed by atoms with van der Waals surface area (Å²) in [5.74, 6) is 0.527. The predicted molar refractivity (Wildman–Crippen MR) is 60.4 cm³/mol. The Morgan fingerprint density at radius 2 is 2.19 bits per heavy atom. The van der Waals surface area contributed by atoms with Crippen LogP contribution in [-0.4, -0.2) is 9.97 Å². The highest BCUT2D eigenvalue weighted by Gasteiger charge is 2.07. The van der Waals surface area contributed by atoms with Crippen molar-refractivity contribution in [2.24, 2.45) is 5.73 Å². The molecule has 2 aromatic rings. The Morgan fingerprint density at radius 1 is 1.44 bits per heavy atom. The molecule has 0 aliphatic rings. The molecular weight excluding hydrogens is 205 g/mol. The molecule has 4 heteroatoms. The first-order chi connectivity index (χ1) is 7.66. The van der Waals surface area contributed by atoms with E-state index in [0.29, 0.717) is 12.0 Å². The first kappa shape index (κ1) is 10.8. The summed E-state index contributed by atoms with van der Waals surface area (Å²) in [7, 11) is 0. The Bertz CT molecular complexity index is 477. The molecule has 0 saturated heterocycles. The number of halogens is 1. The summed E-state index contributed by atoms with van der Waals surface area (Å²) in [5, 5.41) is 0. The van der Waals surface area contributed by atoms with Gasteiger partial charge in [-0.1, -0.05) is 18.2 Å². The number of rotatable bonds is 3. The third-order valence-corrected chi connectivity index (χ3v) is 2.45. The van der Waals surface area contributed by atoms with Gasteiger partial charge in [0.1, 0.15) is 11.6 Å². The molecule has 0 saturated carbocycles. The van der Waals surface area contributed by atoms with E-state index in [1.807, 2.05) is 13.0 Å². The fourth-order valence-electron chi connectivity index (χ4n) is 1.52. The van der Waals surface area contributed by atoms with E-state index in [1.165, 1.54) is 6.07 Å². The van der Waals surface area contributed by atoms with Crippen LogP contribution in [0.3, 0.4) is 0 Å². The predicted octanol–water partition coefficient (Wildman–Crippen LogP) is 2.16. The highest BCUT2D eigenvalue weighted by Crippen LogP contribution is 2.12. The molecule has 0 radical (unpaired) electrons. The summed E-state index contributed by atoms with van der Waals surface area (Å²) < 4.78 is 13.4. The summed E-state index contributed by atoms with van der Waals surface area (Å²) in [6, 6.07) is 6.61. The summed E-state index contributed by atoms with van der Waals surface area (Å²) in [4.78, 5) is 7.26. The highest BCUT2D eigenvalue weighted by molar-refractivity contribution is 5.21. The Hall–Kier alpha value is -1.68. The molecule has 0 spiro atoms. The molecule has 0 amide bonds. The van der Waals surface area contributed by atoms with Gasteiger partial charge in [-0.3, -0.25) is 0 Å². The lowest BCUT2D eigenvalue weighted by atomic mass is 10.1. The SMILES string of the molecule is CC(N)c1cnc(Cc2ccccc2F)[nH]1. The third kappa shape index (κ3) is 2.28. The molecule has 0 bridgehead atoms. The molecule has 1 aromatic heterocycles. The zero-order valence-corrected chi connectivity index (χ0v) is 9.07. The molecule has 0 aliphatic heterocycles. The zero-order valence-electron chi connectivity index (χ0n) is 9.07. The van der Waals surface area contributed by atoms with Crippen molar-refractivity contribution in [1.82, 2.24) is 9.97 Å². The standard InChI is InChI=1S/C12H14FN3/c1-8(14)11-7-15-12(16-11)6-9-4-2-3-5-10(9)13/h2-5,7-8H,6,14H2,1H3,(H,15,16). The molecule has 16 heavy (non-hydrogen) atoms. The van der Waals surface area contributed by atoms with Gasteiger partial charge in [0.05, 0.1) is 5.69 Å². The summed E-state index contributed by atoms with van der Waals surface area (Å²) in [6.45, 7) is 1.88. The largest absolute Gasteiger partial charge is 0.344 e. The van der Waals surface area contributed by atoms with Crippen LogP contribution < -0.4 is 5.73 Å². The van der Waals surface area contributed by atoms with Gasteiger partial charge in [-0.05, 0) is 18.6 Å². The van der Waals surface area contributed by atoms with Crippen LogP contribution in [0.4, 0.5) is 4.39 Å². The number of nitrogens with zero attached hydrogens (tertiary/aromatic N) is 1. The normalized spacial score (nSPS) is 12.7. The Labute approximate surface area is 93.5 Å². The molecule has 3 nitrogen and oxygen atoms in total. The van der Waals surface area contributed by atoms with E-state index >= 15 is 0 Å². The molecular formula is C12H14FN3. The molecule has 0 aliphatic carbocycles. The maximum Gasteiger partial charge on any atom is 0.126 e. The summed E-state index contributed by atoms with van der Waals surface area (Å²) in [6.07, 6.45) is 2.15. The Kier molecular flexibility index (Phi) is 3.01. The van der Waals surface area contributed by atoms with Gasteiger partial charge in [0.15, 0.2) is 0 Å². The number of aromatic nitrogens is 2. The van der Waals surface area contributed by atoms with Crippen LogP contribution in [0.2, 0.25) is 0 Å². The Balaban J connectivity index is 2.18. The van der Waals surface area contributed by atoms with E-state index in [9.17, 15) is 4.39 Å². The maximum atomic E-state index is 13.4. The second-order valence-corrected chi connectivity index (χ2v) is 3.84. The van der Waals surface area contributed by atoms with Crippen molar-refractivity contribution in [2.45, 2.75) is 19.4 Å². The quantitative estimate of drug-likeness (QED) is 0.831. The minimum absolute atomic E-state index is 0.0816. The second-order valence-electron chi connectivity index (χ2n) is 3.84. The molecule has 2 rings (SSSR count). The van der Waals surface area contributed by atoms with E-state index in [4.69, 9.17) is 5.73 Å². The molecule has 1 aromatic carbocycles. The number of imidazole rings is 1. The molecule has 1 unspecified atom stereocenters. The van der Waals surface area contributed by atoms with E-state index in [2.05, 4.69) is 9.97 Å². The van der Waals surface area contributed by atoms with E-state index < -0.39 is 0 Å². The van der Waals surface area contributed by atoms with Crippen molar-refractivity contribution in [3.8, 4) is 0 Å². The second kappa shape index (κ2) is 4.45. The minimum atomic E-state index is -0.207. The van der Waals surface area contributed by atoms with E-state index in [0.717, 1.165) is 11.5 Å². The number of nitrogens with two attached hydrogens (primary N) is 1. The van der Waals surface area contributed by atoms with Crippen molar-refractivity contribution in [3.63, 3.8) is 0 Å². The number of H-pyrrole nitrogens is 1. The molecule has 84 valence electrons. The van der Waals surface area contributed by atoms with Gasteiger partial charge in [0.25, 0.3) is 0 Å². The van der Waals surface area contributed by atoms with Crippen LogP contribution in [0.25, 0.3) is 0 Å². The fraction of sp³-hybridized carbons (Fsp3) is 0.250. The van der Waals surface area contributed by atoms with Crippen LogP contribution >= 0.6 is 0 Å². The monoisotopic (exact) mass is 219 g/mol. The number of hydrogen-bond acceptors (Lipinski definition) is 2. The average Bonchev–Trinajstić information content (AvgIpc) is 2.70. The van der Waals surface area contributed by atoms with Crippen LogP contribution in [0.5, 0.6) is 0 Å². The minimum Gasteiger partial charge on any atom is -0.344 e. The van der Waals surface area contributed by atoms with Gasteiger partial charge in [-0.15, -0.1) is 0 Å². The van der Waals surface area contributed by atoms with E-state index in [-0.39, 0.29) is 11.9 Å². The van der Waals surface area contributed by atoms with Gasteiger partial charge in [-0.2, -0.15) is 0 Å². The van der Waals surface area contributed by atoms with Crippen molar-refractivity contribution in [3.05, 3.63) is 53.4 Å². The topological polar surface area (TPSA) is 54.7 Å². The van der Waals surface area contributed by atoms with Gasteiger partial charge >= 0.3 is 0 Å². The number of benzene rings is 1. The maximum absolute atomic E-state index is 13.4. The van der Waals surface area contributed by atoms with Crippen molar-refractivity contribution in [1.29, 1.82) is 0 Å². The number of aromatic amines is 1. The molecule has 1 atom stereocenters. The van der Waals surface area contributed by atoms with Gasteiger partial charge in [0.2, 0.25) is 0 Å². The van der Waals surface area contributed by atoms with Gasteiger partial charge in [0, 0.05) is 18.7 Å². The van der Waals surface area contributed by atoms with Crippen LogP contribution in [-0.2, 0) is 6.42 Å². The molecule has 0 fully saturated rings. The van der Waals surface area contributed by atoms with Crippen molar-refractivity contribution < 1.29 is 4.39 Å². The lowest BCUT2D eigenvalue weighted by Crippen LogP contribution is -2.05. The zero-order chi connectivity index (χ0) is 11.5.